The molecule has 0 heterocycles. The lowest BCUT2D eigenvalue weighted by Gasteiger charge is -2.36. The third-order valence-corrected chi connectivity index (χ3v) is 7.56. The number of hydrogen-bond donors (Lipinski definition) is 2. The van der Waals surface area contributed by atoms with Crippen molar-refractivity contribution in [3.8, 4) is 0 Å². The van der Waals surface area contributed by atoms with Crippen molar-refractivity contribution in [2.24, 2.45) is 0 Å². The summed E-state index contributed by atoms with van der Waals surface area (Å²) in [6.45, 7) is 11.9. The van der Waals surface area contributed by atoms with Crippen molar-refractivity contribution in [1.29, 1.82) is 0 Å². The Morgan fingerprint density at radius 1 is 1.19 bits per heavy atom. The van der Waals surface area contributed by atoms with Crippen molar-refractivity contribution in [2.75, 3.05) is 26.4 Å². The molecule has 4 nitrogen and oxygen atoms in total. The molecule has 5 heteroatoms. The molecule has 2 N–H and O–H groups in total. The Labute approximate surface area is 99.7 Å². The average Bonchev–Trinajstić information content (AvgIpc) is 2.15. The summed E-state index contributed by atoms with van der Waals surface area (Å²) in [6.07, 6.45) is -0.784. The molecule has 0 amide bonds. The van der Waals surface area contributed by atoms with E-state index >= 15 is 0 Å². The van der Waals surface area contributed by atoms with Crippen molar-refractivity contribution in [2.45, 2.75) is 45.0 Å². The van der Waals surface area contributed by atoms with Gasteiger partial charge < -0.3 is 19.4 Å². The van der Waals surface area contributed by atoms with Crippen molar-refractivity contribution in [3.05, 3.63) is 0 Å². The fourth-order valence-corrected chi connectivity index (χ4v) is 1.87. The maximum atomic E-state index is 9.04. The first-order chi connectivity index (χ1) is 7.20. The van der Waals surface area contributed by atoms with Gasteiger partial charge in [-0.15, -0.1) is 0 Å². The molecule has 0 saturated carbocycles. The average molecular weight is 250 g/mol. The number of hydrogen-bond acceptors (Lipinski definition) is 4. The molecule has 0 aliphatic carbocycles. The van der Waals surface area contributed by atoms with Crippen LogP contribution in [0.4, 0.5) is 0 Å². The fourth-order valence-electron chi connectivity index (χ4n) is 0.844. The molecule has 98 valence electrons. The van der Waals surface area contributed by atoms with Crippen LogP contribution in [0.1, 0.15) is 20.8 Å². The first-order valence-corrected chi connectivity index (χ1v) is 8.62. The van der Waals surface area contributed by atoms with E-state index in [0.717, 1.165) is 0 Å². The molecule has 1 atom stereocenters. The highest BCUT2D eigenvalue weighted by Crippen LogP contribution is 2.36. The molecule has 0 aliphatic heterocycles. The molecule has 0 aliphatic rings. The van der Waals surface area contributed by atoms with Gasteiger partial charge in [-0.05, 0) is 18.1 Å². The summed E-state index contributed by atoms with van der Waals surface area (Å²) in [5, 5.41) is 17.8. The Bertz CT molecular complexity index is 189. The lowest BCUT2D eigenvalue weighted by Crippen LogP contribution is -2.41. The molecule has 16 heavy (non-hydrogen) atoms. The Balaban J connectivity index is 3.67. The third kappa shape index (κ3) is 5.96. The van der Waals surface area contributed by atoms with Crippen molar-refractivity contribution in [1.82, 2.24) is 0 Å². The van der Waals surface area contributed by atoms with Gasteiger partial charge in [0.25, 0.3) is 0 Å². The standard InChI is InChI=1S/C11H26O4Si/c1-11(2,3)16(4,5)15-7-6-14-9-10(13)8-12/h10,12-13H,6-9H2,1-5H3/t10-/m1/s1. The minimum atomic E-state index is -1.68. The molecule has 0 aromatic rings. The second kappa shape index (κ2) is 6.71. The SMILES string of the molecule is CC(C)(C)[Si](C)(C)OCCOC[C@H](O)CO. The Morgan fingerprint density at radius 3 is 2.19 bits per heavy atom. The van der Waals surface area contributed by atoms with E-state index in [2.05, 4.69) is 33.9 Å². The lowest BCUT2D eigenvalue weighted by atomic mass is 10.2. The molecule has 0 bridgehead atoms. The summed E-state index contributed by atoms with van der Waals surface area (Å²) >= 11 is 0. The molecule has 0 rings (SSSR count). The Kier molecular flexibility index (Phi) is 6.73. The van der Waals surface area contributed by atoms with E-state index in [1.807, 2.05) is 0 Å². The van der Waals surface area contributed by atoms with Gasteiger partial charge in [0.05, 0.1) is 26.4 Å². The predicted molar refractivity (Wildman–Crippen MR) is 67.1 cm³/mol. The van der Waals surface area contributed by atoms with E-state index in [1.165, 1.54) is 0 Å². The summed E-state index contributed by atoms with van der Waals surface area (Å²) in [7, 11) is -1.68. The lowest BCUT2D eigenvalue weighted by molar-refractivity contribution is -0.00247. The van der Waals surface area contributed by atoms with Gasteiger partial charge in [-0.25, -0.2) is 0 Å². The normalized spacial score (nSPS) is 15.2. The van der Waals surface area contributed by atoms with Gasteiger partial charge in [-0.3, -0.25) is 0 Å². The largest absolute Gasteiger partial charge is 0.414 e. The molecule has 0 aromatic carbocycles. The maximum absolute atomic E-state index is 9.04. The highest BCUT2D eigenvalue weighted by Gasteiger charge is 2.36. The minimum Gasteiger partial charge on any atom is -0.414 e. The molecule has 0 saturated heterocycles. The van der Waals surface area contributed by atoms with E-state index in [9.17, 15) is 0 Å². The molecule has 0 fully saturated rings. The summed E-state index contributed by atoms with van der Waals surface area (Å²) < 4.78 is 11.1. The zero-order valence-corrected chi connectivity index (χ0v) is 12.1. The smallest absolute Gasteiger partial charge is 0.192 e. The van der Waals surface area contributed by atoms with Crippen LogP contribution in [-0.4, -0.2) is 51.1 Å². The van der Waals surface area contributed by atoms with Crippen molar-refractivity contribution < 1.29 is 19.4 Å². The van der Waals surface area contributed by atoms with Crippen LogP contribution in [-0.2, 0) is 9.16 Å². The minimum absolute atomic E-state index is 0.164. The topological polar surface area (TPSA) is 58.9 Å². The summed E-state index contributed by atoms with van der Waals surface area (Å²) in [5.41, 5.74) is 0. The summed E-state index contributed by atoms with van der Waals surface area (Å²) in [5.74, 6) is 0. The van der Waals surface area contributed by atoms with Crippen LogP contribution in [0.5, 0.6) is 0 Å². The molecule has 0 unspecified atom stereocenters. The summed E-state index contributed by atoms with van der Waals surface area (Å²) in [4.78, 5) is 0. The van der Waals surface area contributed by atoms with Crippen LogP contribution >= 0.6 is 0 Å². The van der Waals surface area contributed by atoms with Gasteiger partial charge in [0, 0.05) is 0 Å². The monoisotopic (exact) mass is 250 g/mol. The van der Waals surface area contributed by atoms with Crippen LogP contribution in [0.15, 0.2) is 0 Å². The van der Waals surface area contributed by atoms with Gasteiger partial charge in [0.15, 0.2) is 8.32 Å². The molecular formula is C11H26O4Si. The second-order valence-corrected chi connectivity index (χ2v) is 10.3. The van der Waals surface area contributed by atoms with Crippen LogP contribution < -0.4 is 0 Å². The Morgan fingerprint density at radius 2 is 1.75 bits per heavy atom. The van der Waals surface area contributed by atoms with E-state index in [-0.39, 0.29) is 18.3 Å². The van der Waals surface area contributed by atoms with E-state index in [4.69, 9.17) is 19.4 Å². The van der Waals surface area contributed by atoms with E-state index in [1.54, 1.807) is 0 Å². The van der Waals surface area contributed by atoms with E-state index in [0.29, 0.717) is 13.2 Å². The van der Waals surface area contributed by atoms with Crippen molar-refractivity contribution >= 4 is 8.32 Å². The second-order valence-electron chi connectivity index (χ2n) is 5.52. The number of ether oxygens (including phenoxy) is 1. The molecule has 0 radical (unpaired) electrons. The highest BCUT2D eigenvalue weighted by molar-refractivity contribution is 6.74. The number of aliphatic hydroxyl groups excluding tert-OH is 2. The molecule has 0 aromatic heterocycles. The first-order valence-electron chi connectivity index (χ1n) is 5.71. The molecule has 0 spiro atoms. The zero-order valence-electron chi connectivity index (χ0n) is 11.1. The third-order valence-electron chi connectivity index (χ3n) is 3.02. The predicted octanol–water partition coefficient (Wildman–Crippen LogP) is 1.38. The van der Waals surface area contributed by atoms with Gasteiger partial charge in [0.2, 0.25) is 0 Å². The highest BCUT2D eigenvalue weighted by atomic mass is 28.4. The molecular weight excluding hydrogens is 224 g/mol. The van der Waals surface area contributed by atoms with Crippen LogP contribution in [0.2, 0.25) is 18.1 Å². The zero-order chi connectivity index (χ0) is 12.8. The summed E-state index contributed by atoms with van der Waals surface area (Å²) in [6, 6.07) is 0. The maximum Gasteiger partial charge on any atom is 0.192 e. The van der Waals surface area contributed by atoms with Gasteiger partial charge >= 0.3 is 0 Å². The van der Waals surface area contributed by atoms with E-state index < -0.39 is 14.4 Å². The first kappa shape index (κ1) is 16.1. The number of rotatable bonds is 7. The van der Waals surface area contributed by atoms with Crippen LogP contribution in [0.25, 0.3) is 0 Å². The fraction of sp³-hybridized carbons (Fsp3) is 1.00. The van der Waals surface area contributed by atoms with Gasteiger partial charge in [-0.2, -0.15) is 0 Å². The number of aliphatic hydroxyl groups is 2. The van der Waals surface area contributed by atoms with Crippen LogP contribution in [0, 0.1) is 0 Å². The van der Waals surface area contributed by atoms with Gasteiger partial charge in [0.1, 0.15) is 6.10 Å². The van der Waals surface area contributed by atoms with Gasteiger partial charge in [-0.1, -0.05) is 20.8 Å². The van der Waals surface area contributed by atoms with Crippen LogP contribution in [0.3, 0.4) is 0 Å². The Hall–Kier alpha value is 0.0569. The van der Waals surface area contributed by atoms with Crippen molar-refractivity contribution in [3.63, 3.8) is 0 Å². The quantitative estimate of drug-likeness (QED) is 0.529.